The fraction of sp³-hybridized carbons (Fsp3) is 0.154. The molecule has 126 valence electrons. The van der Waals surface area contributed by atoms with E-state index in [9.17, 15) is 0 Å². The lowest BCUT2D eigenvalue weighted by molar-refractivity contribution is 0.884. The Morgan fingerprint density at radius 1 is 0.692 bits per heavy atom. The fourth-order valence-electron chi connectivity index (χ4n) is 4.54. The summed E-state index contributed by atoms with van der Waals surface area (Å²) < 4.78 is 0. The minimum absolute atomic E-state index is 1.10. The molecule has 4 aromatic rings. The van der Waals surface area contributed by atoms with Crippen LogP contribution in [-0.2, 0) is 6.42 Å². The Hall–Kier alpha value is -2.86. The maximum absolute atomic E-state index is 2.41. The molecule has 0 spiro atoms. The third-order valence-electron chi connectivity index (χ3n) is 5.63. The monoisotopic (exact) mass is 334 g/mol. The summed E-state index contributed by atoms with van der Waals surface area (Å²) in [5.74, 6) is 0. The van der Waals surface area contributed by atoms with Gasteiger partial charge in [0.2, 0.25) is 0 Å². The van der Waals surface area contributed by atoms with Gasteiger partial charge in [0, 0.05) is 0 Å². The van der Waals surface area contributed by atoms with E-state index in [1.54, 1.807) is 5.57 Å². The summed E-state index contributed by atoms with van der Waals surface area (Å²) in [5, 5.41) is 5.39. The first-order chi connectivity index (χ1) is 12.9. The molecule has 0 bridgehead atoms. The predicted octanol–water partition coefficient (Wildman–Crippen LogP) is 7.15. The second-order valence-corrected chi connectivity index (χ2v) is 7.25. The third-order valence-corrected chi connectivity index (χ3v) is 5.63. The summed E-state index contributed by atoms with van der Waals surface area (Å²) in [6.07, 6.45) is 3.46. The zero-order chi connectivity index (χ0) is 17.5. The van der Waals surface area contributed by atoms with Crippen molar-refractivity contribution in [2.24, 2.45) is 0 Å². The Labute approximate surface area is 154 Å². The molecule has 4 aromatic carbocycles. The van der Waals surface area contributed by atoms with Crippen molar-refractivity contribution in [1.82, 2.24) is 0 Å². The van der Waals surface area contributed by atoms with E-state index in [1.807, 2.05) is 0 Å². The van der Waals surface area contributed by atoms with Gasteiger partial charge < -0.3 is 0 Å². The molecule has 0 N–H and O–H groups in total. The molecule has 0 heteroatoms. The molecule has 5 rings (SSSR count). The van der Waals surface area contributed by atoms with Gasteiger partial charge in [-0.25, -0.2) is 0 Å². The first kappa shape index (κ1) is 15.4. The van der Waals surface area contributed by atoms with Gasteiger partial charge in [-0.2, -0.15) is 0 Å². The van der Waals surface area contributed by atoms with E-state index in [0.29, 0.717) is 0 Å². The van der Waals surface area contributed by atoms with Crippen LogP contribution in [0.1, 0.15) is 36.5 Å². The molecule has 0 fully saturated rings. The summed E-state index contributed by atoms with van der Waals surface area (Å²) in [6.45, 7) is 2.28. The molecule has 0 aliphatic heterocycles. The maximum atomic E-state index is 2.41. The standard InChI is InChI=1S/C26H22/c1-2-9-20-16-18-10-4-6-13-22(18)26(20)25-17-19-11-3-5-12-21(19)23-14-7-8-15-24(23)25/h3-8,10-15,17H,2,9,16H2,1H3. The Kier molecular flexibility index (Phi) is 3.64. The number of rotatable bonds is 3. The highest BCUT2D eigenvalue weighted by Gasteiger charge is 2.23. The average molecular weight is 334 g/mol. The van der Waals surface area contributed by atoms with Crippen LogP contribution in [0, 0.1) is 0 Å². The van der Waals surface area contributed by atoms with E-state index in [1.165, 1.54) is 56.6 Å². The topological polar surface area (TPSA) is 0 Å². The number of hydrogen-bond donors (Lipinski definition) is 0. The van der Waals surface area contributed by atoms with Gasteiger partial charge in [0.25, 0.3) is 0 Å². The van der Waals surface area contributed by atoms with Gasteiger partial charge in [0.15, 0.2) is 0 Å². The SMILES string of the molecule is CCCC1=C(c2cc3ccccc3c3ccccc23)c2ccccc2C1. The summed E-state index contributed by atoms with van der Waals surface area (Å²) in [7, 11) is 0. The van der Waals surface area contributed by atoms with Crippen molar-refractivity contribution in [3.63, 3.8) is 0 Å². The highest BCUT2D eigenvalue weighted by Crippen LogP contribution is 2.43. The van der Waals surface area contributed by atoms with Crippen molar-refractivity contribution in [3.05, 3.63) is 101 Å². The van der Waals surface area contributed by atoms with Crippen molar-refractivity contribution < 1.29 is 0 Å². The largest absolute Gasteiger partial charge is 0.0651 e. The van der Waals surface area contributed by atoms with Gasteiger partial charge in [0.1, 0.15) is 0 Å². The minimum atomic E-state index is 1.10. The fourth-order valence-corrected chi connectivity index (χ4v) is 4.54. The maximum Gasteiger partial charge on any atom is -0.00515 e. The molecule has 0 heterocycles. The molecule has 0 amide bonds. The number of benzene rings is 4. The van der Waals surface area contributed by atoms with Crippen LogP contribution in [-0.4, -0.2) is 0 Å². The van der Waals surface area contributed by atoms with Crippen LogP contribution in [0.2, 0.25) is 0 Å². The van der Waals surface area contributed by atoms with E-state index in [-0.39, 0.29) is 0 Å². The molecular weight excluding hydrogens is 312 g/mol. The summed E-state index contributed by atoms with van der Waals surface area (Å²) in [4.78, 5) is 0. The third kappa shape index (κ3) is 2.29. The highest BCUT2D eigenvalue weighted by atomic mass is 14.3. The summed E-state index contributed by atoms with van der Waals surface area (Å²) >= 11 is 0. The quantitative estimate of drug-likeness (QED) is 0.349. The normalized spacial score (nSPS) is 13.6. The van der Waals surface area contributed by atoms with Crippen molar-refractivity contribution in [2.75, 3.05) is 0 Å². The zero-order valence-corrected chi connectivity index (χ0v) is 15.1. The van der Waals surface area contributed by atoms with Gasteiger partial charge in [-0.05, 0) is 62.7 Å². The summed E-state index contributed by atoms with van der Waals surface area (Å²) in [6, 6.07) is 29.0. The lowest BCUT2D eigenvalue weighted by Crippen LogP contribution is -1.92. The Balaban J connectivity index is 1.89. The first-order valence-electron chi connectivity index (χ1n) is 9.58. The molecule has 0 unspecified atom stereocenters. The molecule has 1 aliphatic carbocycles. The molecular formula is C26H22. The lowest BCUT2D eigenvalue weighted by Gasteiger charge is -2.15. The van der Waals surface area contributed by atoms with Gasteiger partial charge in [0.05, 0.1) is 0 Å². The van der Waals surface area contributed by atoms with Crippen molar-refractivity contribution in [1.29, 1.82) is 0 Å². The first-order valence-corrected chi connectivity index (χ1v) is 9.58. The van der Waals surface area contributed by atoms with E-state index in [4.69, 9.17) is 0 Å². The van der Waals surface area contributed by atoms with E-state index >= 15 is 0 Å². The van der Waals surface area contributed by atoms with Crippen LogP contribution in [0.5, 0.6) is 0 Å². The smallest absolute Gasteiger partial charge is 0.00515 e. The Morgan fingerprint density at radius 3 is 2.23 bits per heavy atom. The van der Waals surface area contributed by atoms with Gasteiger partial charge in [-0.15, -0.1) is 0 Å². The van der Waals surface area contributed by atoms with E-state index in [0.717, 1.165) is 6.42 Å². The number of allylic oxidation sites excluding steroid dienone is 1. The number of hydrogen-bond acceptors (Lipinski definition) is 0. The van der Waals surface area contributed by atoms with E-state index < -0.39 is 0 Å². The van der Waals surface area contributed by atoms with Crippen molar-refractivity contribution in [3.8, 4) is 0 Å². The van der Waals surface area contributed by atoms with Crippen LogP contribution in [0.15, 0.2) is 84.4 Å². The highest BCUT2D eigenvalue weighted by molar-refractivity contribution is 6.13. The Morgan fingerprint density at radius 2 is 1.38 bits per heavy atom. The van der Waals surface area contributed by atoms with Crippen LogP contribution < -0.4 is 0 Å². The van der Waals surface area contributed by atoms with Crippen LogP contribution in [0.25, 0.3) is 27.1 Å². The van der Waals surface area contributed by atoms with Crippen LogP contribution in [0.3, 0.4) is 0 Å². The zero-order valence-electron chi connectivity index (χ0n) is 15.1. The lowest BCUT2D eigenvalue weighted by atomic mass is 9.89. The van der Waals surface area contributed by atoms with Crippen LogP contribution >= 0.6 is 0 Å². The Bertz CT molecular complexity index is 1160. The predicted molar refractivity (Wildman–Crippen MR) is 113 cm³/mol. The second kappa shape index (κ2) is 6.14. The molecule has 0 nitrogen and oxygen atoms in total. The molecule has 0 saturated heterocycles. The molecule has 1 aliphatic rings. The molecule has 0 radical (unpaired) electrons. The van der Waals surface area contributed by atoms with Crippen LogP contribution in [0.4, 0.5) is 0 Å². The van der Waals surface area contributed by atoms with Gasteiger partial charge in [-0.1, -0.05) is 91.7 Å². The molecule has 26 heavy (non-hydrogen) atoms. The molecule has 0 atom stereocenters. The van der Waals surface area contributed by atoms with Gasteiger partial charge >= 0.3 is 0 Å². The number of fused-ring (bicyclic) bond motifs is 4. The van der Waals surface area contributed by atoms with Gasteiger partial charge in [-0.3, -0.25) is 0 Å². The van der Waals surface area contributed by atoms with E-state index in [2.05, 4.69) is 85.8 Å². The van der Waals surface area contributed by atoms with Crippen molar-refractivity contribution >= 4 is 27.1 Å². The molecule has 0 aromatic heterocycles. The molecule has 0 saturated carbocycles. The summed E-state index contributed by atoms with van der Waals surface area (Å²) in [5.41, 5.74) is 7.37. The minimum Gasteiger partial charge on any atom is -0.0651 e. The second-order valence-electron chi connectivity index (χ2n) is 7.25. The average Bonchev–Trinajstić information content (AvgIpc) is 3.05. The van der Waals surface area contributed by atoms with Crippen molar-refractivity contribution in [2.45, 2.75) is 26.2 Å².